The third-order valence-corrected chi connectivity index (χ3v) is 4.26. The van der Waals surface area contributed by atoms with Crippen molar-refractivity contribution in [1.29, 1.82) is 5.26 Å². The van der Waals surface area contributed by atoms with Gasteiger partial charge in [0.25, 0.3) is 0 Å². The first kappa shape index (κ1) is 18.9. The molecular weight excluding hydrogens is 380 g/mol. The molecule has 0 aliphatic rings. The smallest absolute Gasteiger partial charge is 0.229 e. The topological polar surface area (TPSA) is 131 Å². The largest absolute Gasteiger partial charge is 0.325 e. The molecule has 0 saturated heterocycles. The van der Waals surface area contributed by atoms with Gasteiger partial charge in [-0.15, -0.1) is 0 Å². The Balaban J connectivity index is 1.69. The minimum atomic E-state index is -0.241. The summed E-state index contributed by atoms with van der Waals surface area (Å²) in [6, 6.07) is 16.6. The van der Waals surface area contributed by atoms with Crippen molar-refractivity contribution in [2.24, 2.45) is 0 Å². The maximum atomic E-state index is 11.3. The number of aromatic amines is 1. The summed E-state index contributed by atoms with van der Waals surface area (Å²) in [4.78, 5) is 20.4. The van der Waals surface area contributed by atoms with Crippen molar-refractivity contribution >= 4 is 45.8 Å². The van der Waals surface area contributed by atoms with Gasteiger partial charge in [-0.25, -0.2) is 4.98 Å². The highest BCUT2D eigenvalue weighted by Gasteiger charge is 2.11. The first-order valence-corrected chi connectivity index (χ1v) is 9.16. The summed E-state index contributed by atoms with van der Waals surface area (Å²) in [6.07, 6.45) is 0. The van der Waals surface area contributed by atoms with Crippen molar-refractivity contribution in [3.63, 3.8) is 0 Å². The van der Waals surface area contributed by atoms with E-state index in [2.05, 4.69) is 42.2 Å². The van der Waals surface area contributed by atoms with Gasteiger partial charge in [-0.3, -0.25) is 9.89 Å². The molecule has 4 aromatic rings. The van der Waals surface area contributed by atoms with Crippen LogP contribution in [0.25, 0.3) is 10.9 Å². The second kappa shape index (κ2) is 7.89. The lowest BCUT2D eigenvalue weighted by Crippen LogP contribution is -2.08. The van der Waals surface area contributed by atoms with Gasteiger partial charge in [0.15, 0.2) is 5.82 Å². The fraction of sp³-hybridized carbons (Fsp3) is 0.0952. The zero-order chi connectivity index (χ0) is 21.1. The van der Waals surface area contributed by atoms with Crippen LogP contribution in [0.5, 0.6) is 0 Å². The third-order valence-electron chi connectivity index (χ3n) is 4.26. The van der Waals surface area contributed by atoms with Crippen LogP contribution in [0.2, 0.25) is 0 Å². The Morgan fingerprint density at radius 2 is 1.93 bits per heavy atom. The molecule has 1 amide bonds. The maximum Gasteiger partial charge on any atom is 0.229 e. The van der Waals surface area contributed by atoms with E-state index in [0.717, 1.165) is 16.6 Å². The summed E-state index contributed by atoms with van der Waals surface area (Å²) in [6.45, 7) is 3.31. The molecule has 0 atom stereocenters. The van der Waals surface area contributed by atoms with E-state index in [1.54, 1.807) is 18.2 Å². The predicted molar refractivity (Wildman–Crippen MR) is 115 cm³/mol. The standard InChI is InChI=1S/C21H18N8O/c1-12-9-19(29-28-12)26-20-16-5-3-4-6-18(16)25-21(27-20)24-15-7-8-17(23-13(2)30)14(10-15)11-22/h3-10H,1-2H3,(H,23,30)(H3,24,25,26,27,28,29). The zero-order valence-electron chi connectivity index (χ0n) is 16.3. The van der Waals surface area contributed by atoms with Crippen LogP contribution < -0.4 is 16.0 Å². The number of anilines is 5. The molecule has 0 aliphatic heterocycles. The first-order valence-electron chi connectivity index (χ1n) is 9.16. The number of hydrogen-bond donors (Lipinski definition) is 4. The van der Waals surface area contributed by atoms with Crippen molar-refractivity contribution in [1.82, 2.24) is 20.2 Å². The van der Waals surface area contributed by atoms with Crippen molar-refractivity contribution in [3.05, 3.63) is 59.8 Å². The van der Waals surface area contributed by atoms with Crippen LogP contribution in [0.3, 0.4) is 0 Å². The van der Waals surface area contributed by atoms with Gasteiger partial charge in [0.1, 0.15) is 11.9 Å². The van der Waals surface area contributed by atoms with Gasteiger partial charge in [0.2, 0.25) is 11.9 Å². The van der Waals surface area contributed by atoms with Crippen LogP contribution in [0.4, 0.5) is 29.0 Å². The number of hydrogen-bond acceptors (Lipinski definition) is 7. The Labute approximate surface area is 172 Å². The molecule has 0 unspecified atom stereocenters. The number of rotatable bonds is 5. The molecule has 9 heteroatoms. The number of nitriles is 1. The summed E-state index contributed by atoms with van der Waals surface area (Å²) >= 11 is 0. The molecule has 0 aliphatic carbocycles. The summed E-state index contributed by atoms with van der Waals surface area (Å²) in [7, 11) is 0. The fourth-order valence-corrected chi connectivity index (χ4v) is 2.97. The van der Waals surface area contributed by atoms with Crippen molar-refractivity contribution in [3.8, 4) is 6.07 Å². The number of H-pyrrole nitrogens is 1. The van der Waals surface area contributed by atoms with Gasteiger partial charge in [0, 0.05) is 29.8 Å². The van der Waals surface area contributed by atoms with Gasteiger partial charge in [-0.1, -0.05) is 12.1 Å². The number of carbonyl (C=O) groups is 1. The maximum absolute atomic E-state index is 11.3. The number of nitrogens with zero attached hydrogens (tertiary/aromatic N) is 4. The Morgan fingerprint density at radius 1 is 1.10 bits per heavy atom. The minimum Gasteiger partial charge on any atom is -0.325 e. The second-order valence-electron chi connectivity index (χ2n) is 6.65. The normalized spacial score (nSPS) is 10.4. The zero-order valence-corrected chi connectivity index (χ0v) is 16.3. The Morgan fingerprint density at radius 3 is 2.67 bits per heavy atom. The quantitative estimate of drug-likeness (QED) is 0.400. The summed E-state index contributed by atoms with van der Waals surface area (Å²) in [5, 5.41) is 26.3. The molecule has 148 valence electrons. The van der Waals surface area contributed by atoms with E-state index in [0.29, 0.717) is 34.5 Å². The lowest BCUT2D eigenvalue weighted by Gasteiger charge is -2.12. The number of nitrogens with one attached hydrogen (secondary N) is 4. The summed E-state index contributed by atoms with van der Waals surface area (Å²) in [5.74, 6) is 1.37. The number of carbonyl (C=O) groups excluding carboxylic acids is 1. The first-order chi connectivity index (χ1) is 14.5. The number of para-hydroxylation sites is 1. The highest BCUT2D eigenvalue weighted by Crippen LogP contribution is 2.27. The number of fused-ring (bicyclic) bond motifs is 1. The number of amides is 1. The average Bonchev–Trinajstić information content (AvgIpc) is 3.13. The predicted octanol–water partition coefficient (Wildman–Crippen LogP) is 3.98. The lowest BCUT2D eigenvalue weighted by atomic mass is 10.1. The molecule has 4 N–H and O–H groups in total. The van der Waals surface area contributed by atoms with Gasteiger partial charge >= 0.3 is 0 Å². The average molecular weight is 398 g/mol. The molecular formula is C21H18N8O. The van der Waals surface area contributed by atoms with E-state index in [1.165, 1.54) is 6.92 Å². The highest BCUT2D eigenvalue weighted by atomic mass is 16.1. The van der Waals surface area contributed by atoms with E-state index < -0.39 is 0 Å². The molecule has 4 rings (SSSR count). The van der Waals surface area contributed by atoms with E-state index in [1.807, 2.05) is 37.3 Å². The number of benzene rings is 2. The Bertz CT molecular complexity index is 1290. The molecule has 0 saturated carbocycles. The van der Waals surface area contributed by atoms with Crippen LogP contribution in [0.15, 0.2) is 48.5 Å². The summed E-state index contributed by atoms with van der Waals surface area (Å²) in [5.41, 5.74) is 3.09. The van der Waals surface area contributed by atoms with E-state index in [-0.39, 0.29) is 5.91 Å². The van der Waals surface area contributed by atoms with Gasteiger partial charge < -0.3 is 16.0 Å². The minimum absolute atomic E-state index is 0.241. The van der Waals surface area contributed by atoms with Crippen molar-refractivity contribution < 1.29 is 4.79 Å². The molecule has 9 nitrogen and oxygen atoms in total. The van der Waals surface area contributed by atoms with Gasteiger partial charge in [-0.2, -0.15) is 15.3 Å². The molecule has 0 radical (unpaired) electrons. The van der Waals surface area contributed by atoms with Crippen LogP contribution in [-0.4, -0.2) is 26.1 Å². The Kier molecular flexibility index (Phi) is 4.97. The van der Waals surface area contributed by atoms with Crippen molar-refractivity contribution in [2.45, 2.75) is 13.8 Å². The van der Waals surface area contributed by atoms with E-state index in [9.17, 15) is 10.1 Å². The SMILES string of the molecule is CC(=O)Nc1ccc(Nc2nc(Nc3cc(C)[nH]n3)c3ccccc3n2)cc1C#N. The van der Waals surface area contributed by atoms with Crippen LogP contribution >= 0.6 is 0 Å². The second-order valence-corrected chi connectivity index (χ2v) is 6.65. The number of aromatic nitrogens is 4. The monoisotopic (exact) mass is 398 g/mol. The number of aryl methyl sites for hydroxylation is 1. The molecule has 2 aromatic carbocycles. The lowest BCUT2D eigenvalue weighted by molar-refractivity contribution is -0.114. The molecule has 2 heterocycles. The molecule has 0 spiro atoms. The summed E-state index contributed by atoms with van der Waals surface area (Å²) < 4.78 is 0. The third kappa shape index (κ3) is 4.02. The fourth-order valence-electron chi connectivity index (χ4n) is 2.97. The van der Waals surface area contributed by atoms with Gasteiger partial charge in [-0.05, 0) is 37.3 Å². The molecule has 0 bridgehead atoms. The van der Waals surface area contributed by atoms with Crippen LogP contribution in [-0.2, 0) is 4.79 Å². The molecule has 2 aromatic heterocycles. The van der Waals surface area contributed by atoms with Crippen LogP contribution in [0.1, 0.15) is 18.2 Å². The van der Waals surface area contributed by atoms with Crippen LogP contribution in [0, 0.1) is 18.3 Å². The van der Waals surface area contributed by atoms with E-state index >= 15 is 0 Å². The van der Waals surface area contributed by atoms with E-state index in [4.69, 9.17) is 0 Å². The molecule has 0 fully saturated rings. The Hall–Kier alpha value is -4.45. The van der Waals surface area contributed by atoms with Gasteiger partial charge in [0.05, 0.1) is 16.8 Å². The highest BCUT2D eigenvalue weighted by molar-refractivity contribution is 5.92. The van der Waals surface area contributed by atoms with Crippen molar-refractivity contribution in [2.75, 3.05) is 16.0 Å². The molecule has 30 heavy (non-hydrogen) atoms.